The lowest BCUT2D eigenvalue weighted by Gasteiger charge is -2.36. The van der Waals surface area contributed by atoms with Gasteiger partial charge in [0.05, 0.1) is 7.11 Å². The van der Waals surface area contributed by atoms with Crippen LogP contribution in [0.5, 0.6) is 5.75 Å². The van der Waals surface area contributed by atoms with Crippen molar-refractivity contribution in [1.82, 2.24) is 5.32 Å². The van der Waals surface area contributed by atoms with E-state index in [-0.39, 0.29) is 5.91 Å². The molecular formula is C18H23NO5. The Morgan fingerprint density at radius 2 is 2.08 bits per heavy atom. The third-order valence-electron chi connectivity index (χ3n) is 5.20. The first-order valence-electron chi connectivity index (χ1n) is 8.29. The van der Waals surface area contributed by atoms with Crippen LogP contribution in [0.25, 0.3) is 0 Å². The van der Waals surface area contributed by atoms with E-state index in [2.05, 4.69) is 5.32 Å². The van der Waals surface area contributed by atoms with Crippen LogP contribution in [-0.2, 0) is 26.3 Å². The summed E-state index contributed by atoms with van der Waals surface area (Å²) in [5.74, 6) is -0.757. The number of amides is 1. The van der Waals surface area contributed by atoms with E-state index >= 15 is 0 Å². The zero-order valence-electron chi connectivity index (χ0n) is 14.1. The van der Waals surface area contributed by atoms with Gasteiger partial charge in [-0.15, -0.1) is 0 Å². The predicted molar refractivity (Wildman–Crippen MR) is 87.0 cm³/mol. The third-order valence-corrected chi connectivity index (χ3v) is 5.20. The Balaban J connectivity index is 1.95. The first-order chi connectivity index (χ1) is 11.4. The maximum Gasteiger partial charge on any atom is 0.334 e. The topological polar surface area (TPSA) is 84.9 Å². The van der Waals surface area contributed by atoms with Crippen molar-refractivity contribution in [3.8, 4) is 5.75 Å². The smallest absolute Gasteiger partial charge is 0.334 e. The van der Waals surface area contributed by atoms with Crippen molar-refractivity contribution in [3.63, 3.8) is 0 Å². The maximum atomic E-state index is 12.8. The number of methoxy groups -OCH3 is 1. The number of rotatable bonds is 4. The number of hydrogen-bond donors (Lipinski definition) is 2. The van der Waals surface area contributed by atoms with E-state index in [1.807, 2.05) is 6.07 Å². The molecule has 2 atom stereocenters. The molecule has 0 radical (unpaired) electrons. The monoisotopic (exact) mass is 333 g/mol. The lowest BCUT2D eigenvalue weighted by atomic mass is 9.88. The van der Waals surface area contributed by atoms with E-state index in [1.165, 1.54) is 0 Å². The largest absolute Gasteiger partial charge is 0.496 e. The van der Waals surface area contributed by atoms with E-state index in [4.69, 9.17) is 9.47 Å². The van der Waals surface area contributed by atoms with Crippen LogP contribution in [0.3, 0.4) is 0 Å². The number of carbonyl (C=O) groups is 2. The molecule has 1 aromatic rings. The van der Waals surface area contributed by atoms with Crippen LogP contribution in [0.1, 0.15) is 43.7 Å². The zero-order chi connectivity index (χ0) is 17.4. The molecule has 2 unspecified atom stereocenters. The van der Waals surface area contributed by atoms with Gasteiger partial charge in [-0.1, -0.05) is 12.1 Å². The highest BCUT2D eigenvalue weighted by Crippen LogP contribution is 2.42. The number of aliphatic carboxylic acids is 1. The molecule has 0 bridgehead atoms. The van der Waals surface area contributed by atoms with Crippen LogP contribution in [0.2, 0.25) is 0 Å². The van der Waals surface area contributed by atoms with Gasteiger partial charge >= 0.3 is 5.97 Å². The summed E-state index contributed by atoms with van der Waals surface area (Å²) in [6, 6.07) is 5.32. The third kappa shape index (κ3) is 2.55. The Kier molecular flexibility index (Phi) is 4.25. The molecule has 130 valence electrons. The van der Waals surface area contributed by atoms with Crippen molar-refractivity contribution in [2.75, 3.05) is 13.7 Å². The van der Waals surface area contributed by atoms with Gasteiger partial charge in [0.15, 0.2) is 5.54 Å². The molecule has 1 heterocycles. The summed E-state index contributed by atoms with van der Waals surface area (Å²) in [7, 11) is 1.56. The second-order valence-corrected chi connectivity index (χ2v) is 6.69. The van der Waals surface area contributed by atoms with E-state index in [0.29, 0.717) is 37.2 Å². The number of carboxylic acids is 1. The summed E-state index contributed by atoms with van der Waals surface area (Å²) < 4.78 is 11.0. The molecular weight excluding hydrogens is 310 g/mol. The van der Waals surface area contributed by atoms with Gasteiger partial charge in [-0.25, -0.2) is 4.79 Å². The fraction of sp³-hybridized carbons (Fsp3) is 0.556. The van der Waals surface area contributed by atoms with Gasteiger partial charge in [-0.05, 0) is 50.7 Å². The molecule has 6 nitrogen and oxygen atoms in total. The van der Waals surface area contributed by atoms with Crippen LogP contribution >= 0.6 is 0 Å². The van der Waals surface area contributed by atoms with E-state index in [1.54, 1.807) is 26.2 Å². The number of nitrogens with one attached hydrogen (secondary N) is 1. The number of carboxylic acid groups (broad SMARTS) is 1. The molecule has 2 N–H and O–H groups in total. The van der Waals surface area contributed by atoms with Gasteiger partial charge in [0.1, 0.15) is 11.4 Å². The highest BCUT2D eigenvalue weighted by atomic mass is 16.5. The Morgan fingerprint density at radius 1 is 1.29 bits per heavy atom. The van der Waals surface area contributed by atoms with Crippen LogP contribution in [0, 0.1) is 0 Å². The Morgan fingerprint density at radius 3 is 2.71 bits per heavy atom. The van der Waals surface area contributed by atoms with Crippen molar-refractivity contribution in [2.45, 2.75) is 50.2 Å². The van der Waals surface area contributed by atoms with Crippen molar-refractivity contribution in [2.24, 2.45) is 0 Å². The number of hydrogen-bond acceptors (Lipinski definition) is 4. The van der Waals surface area contributed by atoms with Crippen LogP contribution < -0.4 is 10.1 Å². The molecule has 0 saturated carbocycles. The summed E-state index contributed by atoms with van der Waals surface area (Å²) in [6.07, 6.45) is 3.27. The lowest BCUT2D eigenvalue weighted by molar-refractivity contribution is -0.159. The summed E-state index contributed by atoms with van der Waals surface area (Å²) >= 11 is 0. The number of fused-ring (bicyclic) bond motifs is 1. The molecule has 1 aliphatic carbocycles. The molecule has 2 aliphatic rings. The van der Waals surface area contributed by atoms with Gasteiger partial charge in [0, 0.05) is 12.2 Å². The van der Waals surface area contributed by atoms with Crippen molar-refractivity contribution < 1.29 is 24.2 Å². The molecule has 1 fully saturated rings. The fourth-order valence-corrected chi connectivity index (χ4v) is 3.71. The highest BCUT2D eigenvalue weighted by Gasteiger charge is 2.50. The van der Waals surface area contributed by atoms with Gasteiger partial charge < -0.3 is 19.9 Å². The quantitative estimate of drug-likeness (QED) is 0.880. The highest BCUT2D eigenvalue weighted by molar-refractivity contribution is 5.93. The van der Waals surface area contributed by atoms with Gasteiger partial charge in [0.25, 0.3) is 5.91 Å². The summed E-state index contributed by atoms with van der Waals surface area (Å²) in [5, 5.41) is 12.7. The average Bonchev–Trinajstić information content (AvgIpc) is 2.95. The molecule has 0 spiro atoms. The van der Waals surface area contributed by atoms with Crippen LogP contribution in [0.15, 0.2) is 18.2 Å². The second kappa shape index (κ2) is 6.09. The van der Waals surface area contributed by atoms with Gasteiger partial charge in [-0.2, -0.15) is 0 Å². The normalized spacial score (nSPS) is 28.9. The van der Waals surface area contributed by atoms with Crippen molar-refractivity contribution in [3.05, 3.63) is 29.3 Å². The van der Waals surface area contributed by atoms with Crippen molar-refractivity contribution in [1.29, 1.82) is 0 Å². The lowest BCUT2D eigenvalue weighted by Crippen LogP contribution is -2.58. The van der Waals surface area contributed by atoms with Crippen LogP contribution in [0.4, 0.5) is 0 Å². The maximum absolute atomic E-state index is 12.8. The second-order valence-electron chi connectivity index (χ2n) is 6.69. The summed E-state index contributed by atoms with van der Waals surface area (Å²) in [5.41, 5.74) is -0.952. The molecule has 1 saturated heterocycles. The SMILES string of the molecule is COc1cccc2c1CCC2(NC(=O)C1(C)CCCCO1)C(=O)O. The van der Waals surface area contributed by atoms with E-state index in [0.717, 1.165) is 18.4 Å². The molecule has 24 heavy (non-hydrogen) atoms. The minimum atomic E-state index is -1.43. The number of carbonyl (C=O) groups excluding carboxylic acids is 1. The molecule has 1 aromatic carbocycles. The molecule has 1 amide bonds. The Bertz CT molecular complexity index is 665. The van der Waals surface area contributed by atoms with Gasteiger partial charge in [-0.3, -0.25) is 4.79 Å². The first kappa shape index (κ1) is 16.8. The average molecular weight is 333 g/mol. The van der Waals surface area contributed by atoms with E-state index < -0.39 is 17.1 Å². The molecule has 0 aromatic heterocycles. The summed E-state index contributed by atoms with van der Waals surface area (Å²) in [4.78, 5) is 24.9. The number of benzene rings is 1. The fourth-order valence-electron chi connectivity index (χ4n) is 3.71. The number of ether oxygens (including phenoxy) is 2. The standard InChI is InChI=1S/C18H23NO5/c1-17(9-3-4-11-24-17)15(20)19-18(16(21)22)10-8-12-13(18)6-5-7-14(12)23-2/h5-7H,3-4,8-11H2,1-2H3,(H,19,20)(H,21,22). The van der Waals surface area contributed by atoms with E-state index in [9.17, 15) is 14.7 Å². The van der Waals surface area contributed by atoms with Crippen LogP contribution in [-0.4, -0.2) is 36.3 Å². The summed E-state index contributed by atoms with van der Waals surface area (Å²) in [6.45, 7) is 2.26. The zero-order valence-corrected chi connectivity index (χ0v) is 14.1. The molecule has 6 heteroatoms. The predicted octanol–water partition coefficient (Wildman–Crippen LogP) is 2.00. The first-order valence-corrected chi connectivity index (χ1v) is 8.29. The Hall–Kier alpha value is -2.08. The van der Waals surface area contributed by atoms with Crippen molar-refractivity contribution >= 4 is 11.9 Å². The molecule has 3 rings (SSSR count). The minimum absolute atomic E-state index is 0.305. The minimum Gasteiger partial charge on any atom is -0.496 e. The molecule has 1 aliphatic heterocycles. The van der Waals surface area contributed by atoms with Gasteiger partial charge in [0.2, 0.25) is 0 Å². The Labute approximate surface area is 141 Å².